The average Bonchev–Trinajstić information content (AvgIpc) is 2.31. The fraction of sp³-hybridized carbons (Fsp3) is 0.545. The number of nitrogens with one attached hydrogen (secondary N) is 2. The SMILES string of the molecule is CCCNC(=O)CNC(=O)C(C)=C(C)C(=O)O. The first-order valence-electron chi connectivity index (χ1n) is 5.35. The highest BCUT2D eigenvalue weighted by Gasteiger charge is 2.13. The molecule has 17 heavy (non-hydrogen) atoms. The molecule has 0 unspecified atom stereocenters. The van der Waals surface area contributed by atoms with Crippen molar-refractivity contribution >= 4 is 17.8 Å². The summed E-state index contributed by atoms with van der Waals surface area (Å²) in [5, 5.41) is 13.6. The summed E-state index contributed by atoms with van der Waals surface area (Å²) >= 11 is 0. The molecule has 6 nitrogen and oxygen atoms in total. The van der Waals surface area contributed by atoms with E-state index in [1.165, 1.54) is 13.8 Å². The third-order valence-electron chi connectivity index (χ3n) is 2.21. The second kappa shape index (κ2) is 7.43. The van der Waals surface area contributed by atoms with Crippen LogP contribution in [-0.2, 0) is 14.4 Å². The van der Waals surface area contributed by atoms with Crippen LogP contribution in [0.3, 0.4) is 0 Å². The minimum absolute atomic E-state index is 0.0310. The van der Waals surface area contributed by atoms with E-state index >= 15 is 0 Å². The van der Waals surface area contributed by atoms with E-state index in [0.717, 1.165) is 6.42 Å². The maximum Gasteiger partial charge on any atom is 0.331 e. The van der Waals surface area contributed by atoms with Crippen LogP contribution in [0.15, 0.2) is 11.1 Å². The summed E-state index contributed by atoms with van der Waals surface area (Å²) < 4.78 is 0. The van der Waals surface area contributed by atoms with Crippen LogP contribution in [-0.4, -0.2) is 36.0 Å². The van der Waals surface area contributed by atoms with Gasteiger partial charge in [0.15, 0.2) is 0 Å². The first-order chi connectivity index (χ1) is 7.90. The Balaban J connectivity index is 4.24. The van der Waals surface area contributed by atoms with E-state index in [4.69, 9.17) is 5.11 Å². The Morgan fingerprint density at radius 3 is 2.12 bits per heavy atom. The van der Waals surface area contributed by atoms with Crippen molar-refractivity contribution in [2.24, 2.45) is 0 Å². The summed E-state index contributed by atoms with van der Waals surface area (Å²) in [6.45, 7) is 5.07. The number of carbonyl (C=O) groups is 3. The third-order valence-corrected chi connectivity index (χ3v) is 2.21. The van der Waals surface area contributed by atoms with Crippen molar-refractivity contribution in [2.45, 2.75) is 27.2 Å². The molecular formula is C11H18N2O4. The lowest BCUT2D eigenvalue weighted by atomic mass is 10.1. The summed E-state index contributed by atoms with van der Waals surface area (Å²) in [6.07, 6.45) is 0.816. The number of carboxylic acids is 1. The Kier molecular flexibility index (Phi) is 6.62. The maximum absolute atomic E-state index is 11.5. The van der Waals surface area contributed by atoms with E-state index in [1.54, 1.807) is 0 Å². The normalized spacial score (nSPS) is 11.5. The number of rotatable bonds is 6. The predicted octanol–water partition coefficient (Wildman–Crippen LogP) is 0.0498. The van der Waals surface area contributed by atoms with Crippen LogP contribution in [0.2, 0.25) is 0 Å². The van der Waals surface area contributed by atoms with E-state index in [1.807, 2.05) is 6.92 Å². The van der Waals surface area contributed by atoms with Crippen molar-refractivity contribution in [3.8, 4) is 0 Å². The molecule has 6 heteroatoms. The molecule has 0 aliphatic heterocycles. The number of hydrogen-bond donors (Lipinski definition) is 3. The van der Waals surface area contributed by atoms with Crippen molar-refractivity contribution < 1.29 is 19.5 Å². The van der Waals surface area contributed by atoms with E-state index in [0.29, 0.717) is 6.54 Å². The smallest absolute Gasteiger partial charge is 0.331 e. The number of carboxylic acid groups (broad SMARTS) is 1. The highest BCUT2D eigenvalue weighted by Crippen LogP contribution is 2.02. The van der Waals surface area contributed by atoms with Crippen molar-refractivity contribution in [3.63, 3.8) is 0 Å². The lowest BCUT2D eigenvalue weighted by Gasteiger charge is -2.07. The fourth-order valence-electron chi connectivity index (χ4n) is 0.951. The molecule has 0 radical (unpaired) electrons. The molecule has 0 fully saturated rings. The van der Waals surface area contributed by atoms with E-state index in [-0.39, 0.29) is 23.6 Å². The molecule has 0 bridgehead atoms. The van der Waals surface area contributed by atoms with Gasteiger partial charge >= 0.3 is 5.97 Å². The predicted molar refractivity (Wildman–Crippen MR) is 62.3 cm³/mol. The molecule has 96 valence electrons. The summed E-state index contributed by atoms with van der Waals surface area (Å²) in [6, 6.07) is 0. The van der Waals surface area contributed by atoms with E-state index in [9.17, 15) is 14.4 Å². The zero-order chi connectivity index (χ0) is 13.4. The van der Waals surface area contributed by atoms with Crippen LogP contribution in [0.5, 0.6) is 0 Å². The minimum Gasteiger partial charge on any atom is -0.478 e. The molecular weight excluding hydrogens is 224 g/mol. The molecule has 0 heterocycles. The van der Waals surface area contributed by atoms with Crippen LogP contribution >= 0.6 is 0 Å². The summed E-state index contributed by atoms with van der Waals surface area (Å²) in [5.74, 6) is -1.98. The minimum atomic E-state index is -1.15. The van der Waals surface area contributed by atoms with Crippen molar-refractivity contribution in [1.29, 1.82) is 0 Å². The zero-order valence-corrected chi connectivity index (χ0v) is 10.3. The van der Waals surface area contributed by atoms with Gasteiger partial charge in [0.1, 0.15) is 0 Å². The van der Waals surface area contributed by atoms with Gasteiger partial charge in [-0.05, 0) is 20.3 Å². The molecule has 0 saturated heterocycles. The van der Waals surface area contributed by atoms with Crippen molar-refractivity contribution in [2.75, 3.05) is 13.1 Å². The van der Waals surface area contributed by atoms with Crippen molar-refractivity contribution in [1.82, 2.24) is 10.6 Å². The maximum atomic E-state index is 11.5. The van der Waals surface area contributed by atoms with Gasteiger partial charge in [0.25, 0.3) is 0 Å². The Labute approximate surface area is 100 Å². The number of aliphatic carboxylic acids is 1. The van der Waals surface area contributed by atoms with Gasteiger partial charge in [-0.15, -0.1) is 0 Å². The second-order valence-corrected chi connectivity index (χ2v) is 3.59. The van der Waals surface area contributed by atoms with Gasteiger partial charge in [0.2, 0.25) is 11.8 Å². The Bertz CT molecular complexity index is 347. The topological polar surface area (TPSA) is 95.5 Å². The molecule has 0 spiro atoms. The monoisotopic (exact) mass is 242 g/mol. The van der Waals surface area contributed by atoms with Gasteiger partial charge in [0.05, 0.1) is 6.54 Å². The standard InChI is InChI=1S/C11H18N2O4/c1-4-5-12-9(14)6-13-10(15)7(2)8(3)11(16)17/h4-6H2,1-3H3,(H,12,14)(H,13,15)(H,16,17). The molecule has 0 aromatic heterocycles. The average molecular weight is 242 g/mol. The zero-order valence-electron chi connectivity index (χ0n) is 10.3. The van der Waals surface area contributed by atoms with Gasteiger partial charge in [0, 0.05) is 17.7 Å². The van der Waals surface area contributed by atoms with Gasteiger partial charge in [-0.2, -0.15) is 0 Å². The first-order valence-corrected chi connectivity index (χ1v) is 5.35. The summed E-state index contributed by atoms with van der Waals surface area (Å²) in [7, 11) is 0. The van der Waals surface area contributed by atoms with Crippen LogP contribution < -0.4 is 10.6 Å². The lowest BCUT2D eigenvalue weighted by Crippen LogP contribution is -2.37. The van der Waals surface area contributed by atoms with Gasteiger partial charge < -0.3 is 15.7 Å². The van der Waals surface area contributed by atoms with E-state index in [2.05, 4.69) is 10.6 Å². The molecule has 0 aliphatic rings. The number of hydrogen-bond acceptors (Lipinski definition) is 3. The molecule has 0 aromatic carbocycles. The highest BCUT2D eigenvalue weighted by atomic mass is 16.4. The molecule has 0 rings (SSSR count). The van der Waals surface area contributed by atoms with Gasteiger partial charge in [-0.25, -0.2) is 4.79 Å². The number of carbonyl (C=O) groups excluding carboxylic acids is 2. The largest absolute Gasteiger partial charge is 0.478 e. The van der Waals surface area contributed by atoms with Crippen LogP contribution in [0, 0.1) is 0 Å². The van der Waals surface area contributed by atoms with Gasteiger partial charge in [-0.3, -0.25) is 9.59 Å². The highest BCUT2D eigenvalue weighted by molar-refractivity contribution is 6.02. The van der Waals surface area contributed by atoms with Crippen molar-refractivity contribution in [3.05, 3.63) is 11.1 Å². The molecule has 0 aliphatic carbocycles. The molecule has 0 saturated carbocycles. The fourth-order valence-corrected chi connectivity index (χ4v) is 0.951. The molecule has 2 amide bonds. The molecule has 0 atom stereocenters. The lowest BCUT2D eigenvalue weighted by molar-refractivity contribution is -0.133. The number of amides is 2. The third kappa shape index (κ3) is 5.70. The van der Waals surface area contributed by atoms with E-state index < -0.39 is 11.9 Å². The Morgan fingerprint density at radius 2 is 1.65 bits per heavy atom. The summed E-state index contributed by atoms with van der Waals surface area (Å²) in [4.78, 5) is 33.2. The van der Waals surface area contributed by atoms with Crippen LogP contribution in [0.25, 0.3) is 0 Å². The quantitative estimate of drug-likeness (QED) is 0.573. The second-order valence-electron chi connectivity index (χ2n) is 3.59. The Morgan fingerprint density at radius 1 is 1.06 bits per heavy atom. The first kappa shape index (κ1) is 15.2. The summed E-state index contributed by atoms with van der Waals surface area (Å²) in [5.41, 5.74) is 0.0669. The van der Waals surface area contributed by atoms with Crippen LogP contribution in [0.1, 0.15) is 27.2 Å². The van der Waals surface area contributed by atoms with Crippen LogP contribution in [0.4, 0.5) is 0 Å². The molecule has 0 aromatic rings. The Hall–Kier alpha value is -1.85. The molecule has 3 N–H and O–H groups in total. The van der Waals surface area contributed by atoms with Gasteiger partial charge in [-0.1, -0.05) is 6.92 Å².